The maximum Gasteiger partial charge on any atom is 0.256 e. The number of Topliss-reactive ketones (excluding diaryl/α,β-unsaturated/α-hetero) is 1. The first-order valence-electron chi connectivity index (χ1n) is 24.3. The third-order valence-corrected chi connectivity index (χ3v) is 20.1. The molecule has 1 aliphatic heterocycles. The van der Waals surface area contributed by atoms with Crippen LogP contribution in [0.15, 0.2) is 70.4 Å². The molecule has 0 unspecified atom stereocenters. The summed E-state index contributed by atoms with van der Waals surface area (Å²) >= 11 is 11.1. The van der Waals surface area contributed by atoms with Crippen LogP contribution >= 0.6 is 68.0 Å². The Morgan fingerprint density at radius 3 is 1.33 bits per heavy atom. The zero-order valence-corrected chi connectivity index (χ0v) is 43.3. The molecule has 9 heteroatoms. The lowest BCUT2D eigenvalue weighted by Gasteiger charge is -2.03. The molecule has 1 N–H and O–H groups in total. The van der Waals surface area contributed by atoms with E-state index in [1.165, 1.54) is 151 Å². The van der Waals surface area contributed by atoms with E-state index >= 15 is 0 Å². The monoisotopic (exact) mass is 963 g/mol. The number of nitrogens with one attached hydrogen (secondary N) is 1. The Bertz CT molecular complexity index is 2400. The van der Waals surface area contributed by atoms with Gasteiger partial charge in [-0.3, -0.25) is 9.59 Å². The predicted molar refractivity (Wildman–Crippen MR) is 285 cm³/mol. The number of amides is 1. The number of fused-ring (bicyclic) bond motifs is 1. The molecule has 0 spiro atoms. The number of carbonyl (C=O) groups is 2. The molecule has 7 heterocycles. The van der Waals surface area contributed by atoms with E-state index in [1.54, 1.807) is 22.7 Å². The van der Waals surface area contributed by atoms with Gasteiger partial charge in [-0.1, -0.05) is 105 Å². The minimum absolute atomic E-state index is 0.0578. The summed E-state index contributed by atoms with van der Waals surface area (Å²) in [5.74, 6) is -0.0720. The number of carbonyl (C=O) groups excluding carboxylic acids is 2. The number of unbranched alkanes of at least 4 members (excludes halogenated alkanes) is 12. The van der Waals surface area contributed by atoms with Crippen molar-refractivity contribution in [1.29, 1.82) is 0 Å². The molecule has 0 fully saturated rings. The zero-order valence-electron chi connectivity index (χ0n) is 38.4. The first-order valence-corrected chi connectivity index (χ1v) is 29.4. The second-order valence-electron chi connectivity index (χ2n) is 17.7. The maximum atomic E-state index is 14.3. The summed E-state index contributed by atoms with van der Waals surface area (Å²) in [6.07, 6.45) is 24.3. The highest BCUT2D eigenvalue weighted by Gasteiger charge is 2.42. The van der Waals surface area contributed by atoms with E-state index < -0.39 is 0 Å². The molecule has 2 aliphatic rings. The smallest absolute Gasteiger partial charge is 0.256 e. The number of hydrogen-bond donors (Lipinski definition) is 1. The van der Waals surface area contributed by atoms with Gasteiger partial charge in [0.2, 0.25) is 0 Å². The average Bonchev–Trinajstić information content (AvgIpc) is 4.15. The van der Waals surface area contributed by atoms with Crippen LogP contribution in [0.5, 0.6) is 0 Å². The van der Waals surface area contributed by atoms with Crippen molar-refractivity contribution < 1.29 is 9.59 Å². The summed E-state index contributed by atoms with van der Waals surface area (Å²) in [7, 11) is 0. The average molecular weight is 965 g/mol. The second-order valence-corrected chi connectivity index (χ2v) is 23.8. The first kappa shape index (κ1) is 47.3. The number of hydrogen-bond acceptors (Lipinski definition) is 8. The number of allylic oxidation sites excluding steroid dienone is 1. The third kappa shape index (κ3) is 10.8. The summed E-state index contributed by atoms with van der Waals surface area (Å²) in [6.45, 7) is 9.08. The largest absolute Gasteiger partial charge is 0.320 e. The van der Waals surface area contributed by atoms with Crippen molar-refractivity contribution in [3.8, 4) is 39.0 Å². The van der Waals surface area contributed by atoms with Gasteiger partial charge >= 0.3 is 0 Å². The minimum atomic E-state index is -0.130. The summed E-state index contributed by atoms with van der Waals surface area (Å²) in [6, 6.07) is 18.5. The van der Waals surface area contributed by atoms with Crippen molar-refractivity contribution >= 4 is 91.0 Å². The molecule has 6 aromatic heterocycles. The Labute approximate surface area is 406 Å². The molecule has 6 aromatic rings. The van der Waals surface area contributed by atoms with Gasteiger partial charge in [0.15, 0.2) is 5.78 Å². The van der Waals surface area contributed by atoms with Crippen molar-refractivity contribution in [2.24, 2.45) is 0 Å². The Morgan fingerprint density at radius 2 is 0.859 bits per heavy atom. The standard InChI is InChI=1S/C55H65NO2S6/c1-5-9-13-17-21-36-29-31-59-51(36)42-25-27-44(61-42)53-38(23-19-15-11-7-3)33-46(63-53)40-35-41(57)49-48(40)55(58)56-50(49)47-34-39(24-20-16-12-8-4)54(64-47)45-28-26-43(62-45)52-37(30-32-60-52)22-18-14-10-6-2/h25-34H,5-24,35H2,1-4H3,(H,56,58). The summed E-state index contributed by atoms with van der Waals surface area (Å²) in [5.41, 5.74) is 8.46. The molecule has 0 bridgehead atoms. The van der Waals surface area contributed by atoms with E-state index in [4.69, 9.17) is 0 Å². The third-order valence-electron chi connectivity index (χ3n) is 12.8. The minimum Gasteiger partial charge on any atom is -0.320 e. The lowest BCUT2D eigenvalue weighted by molar-refractivity contribution is -0.116. The fraction of sp³-hybridized carbons (Fsp3) is 0.455. The van der Waals surface area contributed by atoms with E-state index in [0.29, 0.717) is 11.1 Å². The Hall–Kier alpha value is -3.18. The number of aryl methyl sites for hydroxylation is 4. The van der Waals surface area contributed by atoms with Crippen LogP contribution in [-0.4, -0.2) is 11.7 Å². The van der Waals surface area contributed by atoms with Gasteiger partial charge in [-0.25, -0.2) is 0 Å². The van der Waals surface area contributed by atoms with Crippen LogP contribution in [0.25, 0.3) is 50.3 Å². The Morgan fingerprint density at radius 1 is 0.438 bits per heavy atom. The fourth-order valence-corrected chi connectivity index (χ4v) is 16.3. The molecular weight excluding hydrogens is 899 g/mol. The molecule has 0 atom stereocenters. The highest BCUT2D eigenvalue weighted by Crippen LogP contribution is 2.51. The van der Waals surface area contributed by atoms with Gasteiger partial charge in [0.1, 0.15) is 0 Å². The number of thiophene rings is 6. The van der Waals surface area contributed by atoms with E-state index in [2.05, 4.69) is 92.3 Å². The highest BCUT2D eigenvalue weighted by molar-refractivity contribution is 7.27. The number of ketones is 1. The zero-order chi connectivity index (χ0) is 44.4. The van der Waals surface area contributed by atoms with Gasteiger partial charge in [0.05, 0.1) is 21.7 Å². The molecule has 0 saturated heterocycles. The maximum absolute atomic E-state index is 14.3. The molecule has 1 aliphatic carbocycles. The number of rotatable bonds is 26. The molecule has 3 nitrogen and oxygen atoms in total. The van der Waals surface area contributed by atoms with Crippen molar-refractivity contribution in [2.45, 2.75) is 163 Å². The molecule has 0 radical (unpaired) electrons. The van der Waals surface area contributed by atoms with Crippen LogP contribution in [0, 0.1) is 0 Å². The second kappa shape index (κ2) is 23.0. The van der Waals surface area contributed by atoms with Crippen LogP contribution in [0.1, 0.15) is 169 Å². The predicted octanol–water partition coefficient (Wildman–Crippen LogP) is 18.5. The molecular formula is C55H65NO2S6. The Balaban J connectivity index is 1.11. The van der Waals surface area contributed by atoms with Gasteiger partial charge in [-0.05, 0) is 138 Å². The Kier molecular flexibility index (Phi) is 17.0. The quantitative estimate of drug-likeness (QED) is 0.0551. The van der Waals surface area contributed by atoms with Crippen molar-refractivity contribution in [1.82, 2.24) is 5.32 Å². The van der Waals surface area contributed by atoms with Gasteiger partial charge in [0.25, 0.3) is 5.91 Å². The highest BCUT2D eigenvalue weighted by atomic mass is 32.1. The summed E-state index contributed by atoms with van der Waals surface area (Å²) in [4.78, 5) is 41.2. The normalized spacial score (nSPS) is 13.9. The van der Waals surface area contributed by atoms with E-state index in [0.717, 1.165) is 59.5 Å². The van der Waals surface area contributed by atoms with Crippen LogP contribution < -0.4 is 5.32 Å². The van der Waals surface area contributed by atoms with Crippen molar-refractivity contribution in [3.05, 3.63) is 102 Å². The van der Waals surface area contributed by atoms with Crippen molar-refractivity contribution in [3.63, 3.8) is 0 Å². The molecule has 8 rings (SSSR count). The van der Waals surface area contributed by atoms with E-state index in [1.807, 2.05) is 45.3 Å². The van der Waals surface area contributed by atoms with Gasteiger partial charge in [-0.15, -0.1) is 68.0 Å². The first-order chi connectivity index (χ1) is 31.4. The SMILES string of the molecule is CCCCCCc1ccsc1-c1ccc(-c2sc(C3=C4C(=O)NC(c5cc(CCCCCC)c(-c6ccc(-c7sccc7CCCCCC)s6)s5)=C4C(=O)C3)cc2CCCCCC)s1. The van der Waals surface area contributed by atoms with Gasteiger partial charge in [0, 0.05) is 50.3 Å². The fourth-order valence-electron chi connectivity index (χ4n) is 9.32. The summed E-state index contributed by atoms with van der Waals surface area (Å²) < 4.78 is 0. The molecule has 0 saturated carbocycles. The van der Waals surface area contributed by atoms with Crippen molar-refractivity contribution in [2.75, 3.05) is 0 Å². The van der Waals surface area contributed by atoms with Gasteiger partial charge in [-0.2, -0.15) is 0 Å². The van der Waals surface area contributed by atoms with Crippen LogP contribution in [0.3, 0.4) is 0 Å². The lowest BCUT2D eigenvalue weighted by Crippen LogP contribution is -2.16. The molecule has 338 valence electrons. The van der Waals surface area contributed by atoms with E-state index in [9.17, 15) is 9.59 Å². The van der Waals surface area contributed by atoms with Crippen LogP contribution in [-0.2, 0) is 35.3 Å². The van der Waals surface area contributed by atoms with Crippen LogP contribution in [0.4, 0.5) is 0 Å². The van der Waals surface area contributed by atoms with E-state index in [-0.39, 0.29) is 18.1 Å². The molecule has 64 heavy (non-hydrogen) atoms. The summed E-state index contributed by atoms with van der Waals surface area (Å²) in [5, 5.41) is 7.77. The van der Waals surface area contributed by atoms with Gasteiger partial charge < -0.3 is 5.32 Å². The topological polar surface area (TPSA) is 46.2 Å². The molecule has 1 amide bonds. The lowest BCUT2D eigenvalue weighted by atomic mass is 10.0. The molecule has 0 aromatic carbocycles. The van der Waals surface area contributed by atoms with Crippen LogP contribution in [0.2, 0.25) is 0 Å².